The monoisotopic (exact) mass is 1460 g/mol. The number of amides is 1. The van der Waals surface area contributed by atoms with Crippen molar-refractivity contribution in [3.8, 4) is 28.4 Å². The lowest BCUT2D eigenvalue weighted by molar-refractivity contribution is -0.870. The largest absolute Gasteiger partial charge is 0.486 e. The number of unbranched alkanes of at least 4 members (excludes halogenated alkanes) is 23. The van der Waals surface area contributed by atoms with Gasteiger partial charge in [-0.25, -0.2) is 13.3 Å². The van der Waals surface area contributed by atoms with Crippen molar-refractivity contribution in [3.05, 3.63) is 89.0 Å². The zero-order valence-corrected chi connectivity index (χ0v) is 63.1. The van der Waals surface area contributed by atoms with Gasteiger partial charge in [0.2, 0.25) is 5.91 Å². The number of halogens is 2. The molecule has 1 heterocycles. The summed E-state index contributed by atoms with van der Waals surface area (Å²) in [6, 6.07) is 12.0. The van der Waals surface area contributed by atoms with Crippen LogP contribution in [0.5, 0.6) is 17.2 Å². The van der Waals surface area contributed by atoms with Crippen LogP contribution in [-0.4, -0.2) is 146 Å². The topological polar surface area (TPSA) is 249 Å². The van der Waals surface area contributed by atoms with E-state index >= 15 is 8.78 Å². The van der Waals surface area contributed by atoms with Crippen LogP contribution in [0.2, 0.25) is 0 Å². The first kappa shape index (κ1) is 87.1. The predicted molar refractivity (Wildman–Crippen MR) is 391 cm³/mol. The van der Waals surface area contributed by atoms with Crippen LogP contribution in [-0.2, 0) is 64.8 Å². The average Bonchev–Trinajstić information content (AvgIpc) is 0.814. The van der Waals surface area contributed by atoms with Gasteiger partial charge in [0.15, 0.2) is 23.1 Å². The molecule has 1 aliphatic rings. The van der Waals surface area contributed by atoms with Crippen LogP contribution in [0, 0.1) is 24.5 Å². The minimum atomic E-state index is -4.62. The fourth-order valence-electron chi connectivity index (χ4n) is 11.4. The summed E-state index contributed by atoms with van der Waals surface area (Å²) in [6.07, 6.45) is 27.5. The highest BCUT2D eigenvalue weighted by Gasteiger charge is 2.32. The Balaban J connectivity index is 1.28. The maximum Gasteiger partial charge on any atom is 0.472 e. The van der Waals surface area contributed by atoms with Crippen molar-refractivity contribution in [1.29, 1.82) is 0 Å². The number of carboxylic acids is 1. The standard InChI is InChI=1S/C76H117F2N2O17PS2/c1-7-9-11-13-15-17-19-21-23-25-27-29-31-36-68(67(57-96-98(88,89)95-43-42-80(4,5)6)79-72(82)37-32-30-28-26-24-22-20-18-16-14-12-10-8-2)97-75(86)41-40-74(85)92-46-48-99-100-49-47-93-76(87)62(51-63(81)54-73(83)84)50-61-52-66(78)70(55-65(61)77)94-56-60-34-33-35-64(58(60)3)59-38-39-69-71(53-59)91-45-44-90-69/h31,33-36,38-39,52-53,55,62-63,67-68,81H,7-30,32,37,40-51,54,56-57H2,1-6H3,(H2-,79,82,83,84,88,89)/p+1/b36-31+/t62?,63-,67+,68-/m1/s1. The van der Waals surface area contributed by atoms with E-state index in [1.54, 1.807) is 6.08 Å². The Morgan fingerprint density at radius 1 is 0.680 bits per heavy atom. The van der Waals surface area contributed by atoms with Crippen LogP contribution in [0.3, 0.4) is 0 Å². The Morgan fingerprint density at radius 3 is 1.87 bits per heavy atom. The zero-order chi connectivity index (χ0) is 72.8. The highest BCUT2D eigenvalue weighted by Crippen LogP contribution is 2.43. The molecule has 100 heavy (non-hydrogen) atoms. The van der Waals surface area contributed by atoms with Crippen LogP contribution in [0.15, 0.2) is 60.7 Å². The van der Waals surface area contributed by atoms with Crippen LogP contribution in [0.25, 0.3) is 11.1 Å². The summed E-state index contributed by atoms with van der Waals surface area (Å²) in [7, 11) is 3.73. The number of fused-ring (bicyclic) bond motifs is 1. The molecule has 0 saturated carbocycles. The molecule has 1 aliphatic heterocycles. The number of phosphoric acid groups is 1. The summed E-state index contributed by atoms with van der Waals surface area (Å²) in [4.78, 5) is 75.8. The zero-order valence-electron chi connectivity index (χ0n) is 60.6. The van der Waals surface area contributed by atoms with Crippen molar-refractivity contribution in [3.63, 3.8) is 0 Å². The van der Waals surface area contributed by atoms with Crippen molar-refractivity contribution in [2.45, 2.75) is 245 Å². The van der Waals surface area contributed by atoms with Gasteiger partial charge in [0.1, 0.15) is 58.1 Å². The number of phosphoric ester groups is 1. The summed E-state index contributed by atoms with van der Waals surface area (Å²) in [5.41, 5.74) is 3.14. The van der Waals surface area contributed by atoms with E-state index < -0.39 is 93.4 Å². The number of aliphatic hydroxyl groups is 1. The van der Waals surface area contributed by atoms with E-state index in [0.29, 0.717) is 54.3 Å². The number of ether oxygens (including phenoxy) is 6. The molecule has 4 rings (SSSR count). The van der Waals surface area contributed by atoms with E-state index in [-0.39, 0.29) is 68.7 Å². The van der Waals surface area contributed by atoms with E-state index in [2.05, 4.69) is 19.2 Å². The molecular formula is C76H118F2N2O17PS2+. The Labute approximate surface area is 602 Å². The lowest BCUT2D eigenvalue weighted by atomic mass is 9.92. The van der Waals surface area contributed by atoms with Crippen molar-refractivity contribution in [2.75, 3.05) is 78.8 Å². The van der Waals surface area contributed by atoms with Crippen LogP contribution >= 0.6 is 29.4 Å². The molecule has 3 aromatic carbocycles. The minimum Gasteiger partial charge on any atom is -0.486 e. The molecule has 0 saturated heterocycles. The Kier molecular flexibility index (Phi) is 44.4. The normalized spacial score (nSPS) is 14.1. The van der Waals surface area contributed by atoms with Gasteiger partial charge in [0.25, 0.3) is 0 Å². The third-order valence-electron chi connectivity index (χ3n) is 17.3. The van der Waals surface area contributed by atoms with E-state index in [4.69, 9.17) is 37.5 Å². The number of aliphatic hydroxyl groups excluding tert-OH is 1. The molecule has 1 amide bonds. The number of nitrogens with one attached hydrogen (secondary N) is 1. The van der Waals surface area contributed by atoms with Gasteiger partial charge in [-0.05, 0) is 91.1 Å². The number of benzene rings is 3. The molecule has 0 spiro atoms. The second-order valence-electron chi connectivity index (χ2n) is 27.0. The van der Waals surface area contributed by atoms with Gasteiger partial charge in [0.05, 0.1) is 65.1 Å². The lowest BCUT2D eigenvalue weighted by Crippen LogP contribution is -2.47. The third kappa shape index (κ3) is 38.9. The van der Waals surface area contributed by atoms with E-state index in [0.717, 1.165) is 85.8 Å². The number of hydrogen-bond acceptors (Lipinski definition) is 17. The Hall–Kier alpha value is -5.26. The van der Waals surface area contributed by atoms with Crippen molar-refractivity contribution >= 4 is 59.2 Å². The maximum absolute atomic E-state index is 15.8. The van der Waals surface area contributed by atoms with Crippen LogP contribution < -0.4 is 19.5 Å². The average molecular weight is 1460 g/mol. The molecule has 2 unspecified atom stereocenters. The van der Waals surface area contributed by atoms with Crippen molar-refractivity contribution in [2.24, 2.45) is 5.92 Å². The fraction of sp³-hybridized carbons (Fsp3) is 0.671. The van der Waals surface area contributed by atoms with E-state index in [1.165, 1.54) is 118 Å². The summed E-state index contributed by atoms with van der Waals surface area (Å²) < 4.78 is 90.0. The van der Waals surface area contributed by atoms with Gasteiger partial charge < -0.3 is 53.3 Å². The number of carboxylic acid groups (broad SMARTS) is 1. The van der Waals surface area contributed by atoms with Crippen molar-refractivity contribution < 1.29 is 94.4 Å². The molecule has 564 valence electrons. The SMILES string of the molecule is CCCCCCCCCCCCC/C=C/[C@@H](OC(=O)CCC(=O)OCCSSCCOC(=O)C(Cc1cc(F)c(OCc2cccc(-c3ccc4c(c3)OCCO4)c2C)cc1F)C[C@@H](O)CC(=O)O)[C@H](COP(=O)(O)OCC[N+](C)(C)C)NC(=O)CCCCCCCCCCCCCCC. The van der Waals surface area contributed by atoms with Gasteiger partial charge >= 0.3 is 31.7 Å². The second-order valence-corrected chi connectivity index (χ2v) is 31.2. The lowest BCUT2D eigenvalue weighted by Gasteiger charge is -2.27. The van der Waals surface area contributed by atoms with Gasteiger partial charge in [-0.3, -0.25) is 33.0 Å². The molecular weight excluding hydrogens is 1350 g/mol. The highest BCUT2D eigenvalue weighted by molar-refractivity contribution is 8.76. The molecule has 19 nitrogen and oxygen atoms in total. The molecule has 5 atom stereocenters. The molecule has 0 aromatic heterocycles. The number of esters is 3. The first-order valence-corrected chi connectivity index (χ1v) is 40.7. The number of quaternary nitrogens is 1. The number of rotatable bonds is 58. The predicted octanol–water partition coefficient (Wildman–Crippen LogP) is 16.9. The summed E-state index contributed by atoms with van der Waals surface area (Å²) in [6.45, 7) is 6.84. The molecule has 0 fully saturated rings. The third-order valence-corrected chi connectivity index (χ3v) is 20.6. The summed E-state index contributed by atoms with van der Waals surface area (Å²) in [5, 5.41) is 22.8. The van der Waals surface area contributed by atoms with Gasteiger partial charge in [-0.2, -0.15) is 0 Å². The Bertz CT molecular complexity index is 2940. The number of likely N-dealkylation sites (N-methyl/N-ethyl adjacent to an activating group) is 1. The number of aliphatic carboxylic acids is 1. The summed E-state index contributed by atoms with van der Waals surface area (Å²) in [5.74, 6) is -5.44. The Morgan fingerprint density at radius 2 is 1.26 bits per heavy atom. The molecule has 0 radical (unpaired) electrons. The van der Waals surface area contributed by atoms with E-state index in [1.807, 2.05) is 70.5 Å². The minimum absolute atomic E-state index is 0.0247. The van der Waals surface area contributed by atoms with Gasteiger partial charge in [-0.1, -0.05) is 207 Å². The number of hydrogen-bond donors (Lipinski definition) is 4. The molecule has 4 N–H and O–H groups in total. The van der Waals surface area contributed by atoms with Gasteiger partial charge in [0, 0.05) is 24.0 Å². The molecule has 24 heteroatoms. The van der Waals surface area contributed by atoms with Crippen LogP contribution in [0.4, 0.5) is 8.78 Å². The molecule has 0 aliphatic carbocycles. The first-order valence-electron chi connectivity index (χ1n) is 36.7. The number of carbonyl (C=O) groups excluding carboxylic acids is 4. The van der Waals surface area contributed by atoms with E-state index in [9.17, 15) is 43.6 Å². The number of carbonyl (C=O) groups is 5. The second kappa shape index (κ2) is 51.0. The number of nitrogens with zero attached hydrogens (tertiary/aromatic N) is 1. The van der Waals surface area contributed by atoms with Gasteiger partial charge in [-0.15, -0.1) is 0 Å². The highest BCUT2D eigenvalue weighted by atomic mass is 33.1. The van der Waals surface area contributed by atoms with Crippen LogP contribution in [0.1, 0.15) is 223 Å². The van der Waals surface area contributed by atoms with Crippen molar-refractivity contribution in [1.82, 2.24) is 5.32 Å². The smallest absolute Gasteiger partial charge is 0.472 e. The number of allylic oxidation sites excluding steroid dienone is 1. The summed E-state index contributed by atoms with van der Waals surface area (Å²) >= 11 is 0. The quantitative estimate of drug-likeness (QED) is 0.00780. The molecule has 0 bridgehead atoms. The first-order chi connectivity index (χ1) is 48.1. The molecule has 3 aromatic rings. The fourth-order valence-corrected chi connectivity index (χ4v) is 13.8. The maximum atomic E-state index is 15.8.